The molecule has 0 amide bonds. The van der Waals surface area contributed by atoms with Gasteiger partial charge in [0.05, 0.1) is 12.5 Å². The maximum absolute atomic E-state index is 11.0. The highest BCUT2D eigenvalue weighted by atomic mass is 16.1. The molecule has 11 heavy (non-hydrogen) atoms. The van der Waals surface area contributed by atoms with Gasteiger partial charge < -0.3 is 0 Å². The third-order valence-electron chi connectivity index (χ3n) is 1.08. The molecule has 56 valence electrons. The summed E-state index contributed by atoms with van der Waals surface area (Å²) in [6, 6.07) is 1.77. The van der Waals surface area contributed by atoms with E-state index in [1.807, 2.05) is 0 Å². The van der Waals surface area contributed by atoms with Crippen LogP contribution in [0.4, 0.5) is 0 Å². The Balaban J connectivity index is 4.41. The molecule has 0 aliphatic rings. The fraction of sp³-hybridized carbons (Fsp3) is 0.111. The van der Waals surface area contributed by atoms with Crippen LogP contribution in [0.15, 0.2) is 37.0 Å². The van der Waals surface area contributed by atoms with E-state index in [4.69, 9.17) is 5.26 Å². The summed E-state index contributed by atoms with van der Waals surface area (Å²) < 4.78 is 0. The molecule has 0 aromatic carbocycles. The van der Waals surface area contributed by atoms with Gasteiger partial charge in [-0.3, -0.25) is 4.79 Å². The molecule has 0 radical (unpaired) electrons. The Hall–Kier alpha value is -1.62. The fourth-order valence-electron chi connectivity index (χ4n) is 0.576. The summed E-state index contributed by atoms with van der Waals surface area (Å²) in [5.41, 5.74) is 0.432. The number of hydrogen-bond acceptors (Lipinski definition) is 2. The molecule has 0 saturated heterocycles. The van der Waals surface area contributed by atoms with Gasteiger partial charge >= 0.3 is 0 Å². The molecule has 0 heterocycles. The Bertz CT molecular complexity index is 243. The highest BCUT2D eigenvalue weighted by molar-refractivity contribution is 5.99. The zero-order valence-electron chi connectivity index (χ0n) is 6.21. The standard InChI is InChI=1S/C9H9NO/c1-3-5-8(4-2)9(11)6-7-10/h3-5H,1-2,6H2/b8-5+. The third-order valence-corrected chi connectivity index (χ3v) is 1.08. The van der Waals surface area contributed by atoms with Gasteiger partial charge in [-0.25, -0.2) is 0 Å². The average Bonchev–Trinajstić information content (AvgIpc) is 2.00. The predicted molar refractivity (Wildman–Crippen MR) is 43.7 cm³/mol. The van der Waals surface area contributed by atoms with Crippen LogP contribution in [0.25, 0.3) is 0 Å². The summed E-state index contributed by atoms with van der Waals surface area (Å²) in [5.74, 6) is -0.220. The Kier molecular flexibility index (Phi) is 4.42. The number of carbonyl (C=O) groups excluding carboxylic acids is 1. The second kappa shape index (κ2) is 5.19. The highest BCUT2D eigenvalue weighted by Gasteiger charge is 2.02. The molecule has 2 nitrogen and oxygen atoms in total. The van der Waals surface area contributed by atoms with Crippen molar-refractivity contribution in [1.82, 2.24) is 0 Å². The largest absolute Gasteiger partial charge is 0.293 e. The van der Waals surface area contributed by atoms with Crippen molar-refractivity contribution in [3.05, 3.63) is 37.0 Å². The van der Waals surface area contributed by atoms with Crippen LogP contribution < -0.4 is 0 Å². The van der Waals surface area contributed by atoms with Gasteiger partial charge in [-0.2, -0.15) is 5.26 Å². The van der Waals surface area contributed by atoms with Crippen LogP contribution >= 0.6 is 0 Å². The molecule has 0 N–H and O–H groups in total. The van der Waals surface area contributed by atoms with Gasteiger partial charge in [0.2, 0.25) is 0 Å². The SMILES string of the molecule is C=C/C=C(\C=C)C(=O)CC#N. The van der Waals surface area contributed by atoms with Crippen LogP contribution in [0.1, 0.15) is 6.42 Å². The molecule has 0 unspecified atom stereocenters. The molecule has 0 spiro atoms. The van der Waals surface area contributed by atoms with Crippen molar-refractivity contribution >= 4 is 5.78 Å². The predicted octanol–water partition coefficient (Wildman–Crippen LogP) is 1.77. The highest BCUT2D eigenvalue weighted by Crippen LogP contribution is 2.00. The molecule has 0 fully saturated rings. The molecule has 0 aromatic heterocycles. The number of rotatable bonds is 4. The van der Waals surface area contributed by atoms with E-state index < -0.39 is 0 Å². The van der Waals surface area contributed by atoms with E-state index in [0.717, 1.165) is 0 Å². The number of hydrogen-bond donors (Lipinski definition) is 0. The van der Waals surface area contributed by atoms with Gasteiger partial charge in [0.25, 0.3) is 0 Å². The van der Waals surface area contributed by atoms with Gasteiger partial charge in [-0.15, -0.1) is 0 Å². The minimum atomic E-state index is -0.220. The first-order valence-electron chi connectivity index (χ1n) is 3.11. The lowest BCUT2D eigenvalue weighted by Crippen LogP contribution is -1.97. The maximum Gasteiger partial charge on any atom is 0.176 e. The van der Waals surface area contributed by atoms with E-state index in [1.165, 1.54) is 18.2 Å². The zero-order valence-corrected chi connectivity index (χ0v) is 6.21. The fourth-order valence-corrected chi connectivity index (χ4v) is 0.576. The summed E-state index contributed by atoms with van der Waals surface area (Å²) in [4.78, 5) is 11.0. The quantitative estimate of drug-likeness (QED) is 0.449. The Morgan fingerprint density at radius 1 is 1.55 bits per heavy atom. The zero-order chi connectivity index (χ0) is 8.69. The molecule has 0 aliphatic heterocycles. The van der Waals surface area contributed by atoms with E-state index >= 15 is 0 Å². The number of carbonyl (C=O) groups is 1. The van der Waals surface area contributed by atoms with Crippen molar-refractivity contribution in [2.75, 3.05) is 0 Å². The summed E-state index contributed by atoms with van der Waals surface area (Å²) in [6.45, 7) is 6.87. The van der Waals surface area contributed by atoms with Crippen molar-refractivity contribution in [2.45, 2.75) is 6.42 Å². The summed E-state index contributed by atoms with van der Waals surface area (Å²) in [6.07, 6.45) is 4.34. The second-order valence-corrected chi connectivity index (χ2v) is 1.82. The number of Topliss-reactive ketones (excluding diaryl/α,β-unsaturated/α-hetero) is 1. The van der Waals surface area contributed by atoms with E-state index in [-0.39, 0.29) is 12.2 Å². The van der Waals surface area contributed by atoms with Crippen molar-refractivity contribution < 1.29 is 4.79 Å². The van der Waals surface area contributed by atoms with Crippen molar-refractivity contribution in [3.63, 3.8) is 0 Å². The molecular weight excluding hydrogens is 138 g/mol. The average molecular weight is 147 g/mol. The van der Waals surface area contributed by atoms with E-state index in [9.17, 15) is 4.79 Å². The molecule has 0 bridgehead atoms. The first kappa shape index (κ1) is 9.38. The second-order valence-electron chi connectivity index (χ2n) is 1.82. The molecule has 0 aromatic rings. The molecule has 0 rings (SSSR count). The van der Waals surface area contributed by atoms with Crippen LogP contribution in [-0.4, -0.2) is 5.78 Å². The molecule has 0 saturated carbocycles. The molecule has 2 heteroatoms. The van der Waals surface area contributed by atoms with Crippen LogP contribution in [0.2, 0.25) is 0 Å². The maximum atomic E-state index is 11.0. The van der Waals surface area contributed by atoms with Crippen LogP contribution in [0, 0.1) is 11.3 Å². The first-order valence-corrected chi connectivity index (χ1v) is 3.11. The first-order chi connectivity index (χ1) is 5.26. The topological polar surface area (TPSA) is 40.9 Å². The van der Waals surface area contributed by atoms with E-state index in [2.05, 4.69) is 13.2 Å². The minimum absolute atomic E-state index is 0.105. The van der Waals surface area contributed by atoms with Gasteiger partial charge in [0.15, 0.2) is 5.78 Å². The lowest BCUT2D eigenvalue weighted by Gasteiger charge is -1.92. The van der Waals surface area contributed by atoms with Crippen LogP contribution in [-0.2, 0) is 4.79 Å². The Morgan fingerprint density at radius 2 is 2.18 bits per heavy atom. The number of nitrogens with zero attached hydrogens (tertiary/aromatic N) is 1. The lowest BCUT2D eigenvalue weighted by atomic mass is 10.1. The van der Waals surface area contributed by atoms with Crippen LogP contribution in [0.5, 0.6) is 0 Å². The van der Waals surface area contributed by atoms with Gasteiger partial charge in [-0.05, 0) is 0 Å². The number of allylic oxidation sites excluding steroid dienone is 4. The third kappa shape index (κ3) is 3.17. The Labute approximate surface area is 66.1 Å². The molecule has 0 atom stereocenters. The Morgan fingerprint density at radius 3 is 2.55 bits per heavy atom. The molecular formula is C9H9NO. The number of nitriles is 1. The van der Waals surface area contributed by atoms with Gasteiger partial charge in [0.1, 0.15) is 0 Å². The number of ketones is 1. The lowest BCUT2D eigenvalue weighted by molar-refractivity contribution is -0.114. The van der Waals surface area contributed by atoms with E-state index in [1.54, 1.807) is 6.07 Å². The van der Waals surface area contributed by atoms with Gasteiger partial charge in [0, 0.05) is 5.57 Å². The summed E-state index contributed by atoms with van der Waals surface area (Å²) in [7, 11) is 0. The van der Waals surface area contributed by atoms with Crippen molar-refractivity contribution in [1.29, 1.82) is 5.26 Å². The monoisotopic (exact) mass is 147 g/mol. The van der Waals surface area contributed by atoms with Crippen molar-refractivity contribution in [3.8, 4) is 6.07 Å². The van der Waals surface area contributed by atoms with Crippen LogP contribution in [0.3, 0.4) is 0 Å². The summed E-state index contributed by atoms with van der Waals surface area (Å²) in [5, 5.41) is 8.19. The smallest absolute Gasteiger partial charge is 0.176 e. The van der Waals surface area contributed by atoms with Crippen molar-refractivity contribution in [2.24, 2.45) is 0 Å². The minimum Gasteiger partial charge on any atom is -0.293 e. The normalized spacial score (nSPS) is 9.91. The molecule has 0 aliphatic carbocycles. The van der Waals surface area contributed by atoms with E-state index in [0.29, 0.717) is 5.57 Å². The summed E-state index contributed by atoms with van der Waals surface area (Å²) >= 11 is 0. The van der Waals surface area contributed by atoms with Gasteiger partial charge in [-0.1, -0.05) is 31.4 Å².